The number of aliphatic hydroxyl groups excluding tert-OH is 1. The van der Waals surface area contributed by atoms with Crippen LogP contribution in [0.5, 0.6) is 11.5 Å². The molecule has 0 aliphatic rings. The minimum absolute atomic E-state index is 0.105. The summed E-state index contributed by atoms with van der Waals surface area (Å²) in [5.41, 5.74) is 0.438. The fourth-order valence-electron chi connectivity index (χ4n) is 1.52. The molecule has 1 aromatic rings. The molecule has 1 atom stereocenters. The molecule has 1 aromatic carbocycles. The summed E-state index contributed by atoms with van der Waals surface area (Å²) < 4.78 is 39.0. The molecule has 0 bridgehead atoms. The quantitative estimate of drug-likeness (QED) is 0.742. The van der Waals surface area contributed by atoms with Gasteiger partial charge in [-0.2, -0.15) is 8.78 Å². The van der Waals surface area contributed by atoms with Gasteiger partial charge in [-0.05, 0) is 24.1 Å². The van der Waals surface area contributed by atoms with Gasteiger partial charge in [-0.1, -0.05) is 13.0 Å². The van der Waals surface area contributed by atoms with Crippen LogP contribution in [-0.4, -0.2) is 32.0 Å². The Morgan fingerprint density at radius 1 is 1.26 bits per heavy atom. The third-order valence-corrected chi connectivity index (χ3v) is 2.41. The first-order valence-electron chi connectivity index (χ1n) is 5.97. The van der Waals surface area contributed by atoms with E-state index >= 15 is 0 Å². The molecule has 0 saturated carbocycles. The number of hydrogen-bond donors (Lipinski definition) is 1. The molecule has 4 nitrogen and oxygen atoms in total. The summed E-state index contributed by atoms with van der Waals surface area (Å²) in [5, 5.41) is 9.86. The van der Waals surface area contributed by atoms with Crippen LogP contribution in [0.4, 0.5) is 8.78 Å². The highest BCUT2D eigenvalue weighted by atomic mass is 19.3. The lowest BCUT2D eigenvalue weighted by Crippen LogP contribution is -2.09. The van der Waals surface area contributed by atoms with Gasteiger partial charge in [0, 0.05) is 6.61 Å². The lowest BCUT2D eigenvalue weighted by Gasteiger charge is -2.15. The Morgan fingerprint density at radius 3 is 2.58 bits per heavy atom. The smallest absolute Gasteiger partial charge is 0.387 e. The summed E-state index contributed by atoms with van der Waals surface area (Å²) in [6, 6.07) is 4.37. The number of alkyl halides is 2. The molecule has 1 rings (SSSR count). The van der Waals surface area contributed by atoms with Crippen molar-refractivity contribution in [3.63, 3.8) is 0 Å². The minimum Gasteiger partial charge on any atom is -0.493 e. The summed E-state index contributed by atoms with van der Waals surface area (Å²) in [6.45, 7) is -0.353. The number of aliphatic hydroxyl groups is 1. The van der Waals surface area contributed by atoms with Crippen LogP contribution in [-0.2, 0) is 4.74 Å². The standard InChI is InChI=1S/C13H18F2O4/c1-3-6-18-8-10(16)9-4-5-11(17-2)12(7-9)19-13(14)15/h4-5,7,10,13,16H,3,6,8H2,1-2H3. The number of halogens is 2. The van der Waals surface area contributed by atoms with Gasteiger partial charge >= 0.3 is 6.61 Å². The van der Waals surface area contributed by atoms with Gasteiger partial charge in [0.2, 0.25) is 0 Å². The average Bonchev–Trinajstić information content (AvgIpc) is 2.38. The van der Waals surface area contributed by atoms with E-state index in [1.165, 1.54) is 19.2 Å². The Morgan fingerprint density at radius 2 is 2.00 bits per heavy atom. The molecule has 0 fully saturated rings. The van der Waals surface area contributed by atoms with Crippen molar-refractivity contribution < 1.29 is 28.1 Å². The zero-order valence-electron chi connectivity index (χ0n) is 10.9. The Balaban J connectivity index is 2.78. The fourth-order valence-corrected chi connectivity index (χ4v) is 1.52. The second-order valence-corrected chi connectivity index (χ2v) is 3.88. The van der Waals surface area contributed by atoms with E-state index in [-0.39, 0.29) is 18.1 Å². The molecule has 0 saturated heterocycles. The van der Waals surface area contributed by atoms with Crippen molar-refractivity contribution >= 4 is 0 Å². The van der Waals surface area contributed by atoms with Crippen LogP contribution in [0.15, 0.2) is 18.2 Å². The van der Waals surface area contributed by atoms with Gasteiger partial charge < -0.3 is 19.3 Å². The van der Waals surface area contributed by atoms with Crippen molar-refractivity contribution in [1.29, 1.82) is 0 Å². The van der Waals surface area contributed by atoms with E-state index in [4.69, 9.17) is 9.47 Å². The maximum absolute atomic E-state index is 12.3. The highest BCUT2D eigenvalue weighted by Gasteiger charge is 2.15. The molecular formula is C13H18F2O4. The molecule has 0 aliphatic heterocycles. The second-order valence-electron chi connectivity index (χ2n) is 3.88. The molecule has 0 amide bonds. The zero-order valence-corrected chi connectivity index (χ0v) is 10.9. The molecule has 0 aliphatic carbocycles. The maximum atomic E-state index is 12.3. The summed E-state index contributed by atoms with van der Waals surface area (Å²) >= 11 is 0. The van der Waals surface area contributed by atoms with E-state index in [1.54, 1.807) is 6.07 Å². The Hall–Kier alpha value is -1.40. The predicted molar refractivity (Wildman–Crippen MR) is 65.7 cm³/mol. The van der Waals surface area contributed by atoms with E-state index < -0.39 is 12.7 Å². The third kappa shape index (κ3) is 5.00. The first-order valence-corrected chi connectivity index (χ1v) is 5.97. The summed E-state index contributed by atoms with van der Waals surface area (Å²) in [6.07, 6.45) is -0.0489. The van der Waals surface area contributed by atoms with E-state index in [1.807, 2.05) is 6.92 Å². The van der Waals surface area contributed by atoms with Crippen LogP contribution in [0.2, 0.25) is 0 Å². The van der Waals surface area contributed by atoms with Crippen molar-refractivity contribution in [1.82, 2.24) is 0 Å². The predicted octanol–water partition coefficient (Wildman–Crippen LogP) is 2.76. The van der Waals surface area contributed by atoms with Crippen molar-refractivity contribution in [3.05, 3.63) is 23.8 Å². The van der Waals surface area contributed by atoms with Gasteiger partial charge in [0.25, 0.3) is 0 Å². The van der Waals surface area contributed by atoms with E-state index in [9.17, 15) is 13.9 Å². The second kappa shape index (κ2) is 7.91. The first-order chi connectivity index (χ1) is 9.08. The molecule has 108 valence electrons. The minimum atomic E-state index is -2.95. The fraction of sp³-hybridized carbons (Fsp3) is 0.538. The Bertz CT molecular complexity index is 385. The monoisotopic (exact) mass is 276 g/mol. The van der Waals surface area contributed by atoms with Gasteiger partial charge in [-0.15, -0.1) is 0 Å². The topological polar surface area (TPSA) is 47.9 Å². The normalized spacial score (nSPS) is 12.5. The number of benzene rings is 1. The molecular weight excluding hydrogens is 258 g/mol. The molecule has 1 unspecified atom stereocenters. The van der Waals surface area contributed by atoms with E-state index in [0.717, 1.165) is 6.42 Å². The SMILES string of the molecule is CCCOCC(O)c1ccc(OC)c(OC(F)F)c1. The van der Waals surface area contributed by atoms with Crippen LogP contribution in [0.25, 0.3) is 0 Å². The van der Waals surface area contributed by atoms with E-state index in [2.05, 4.69) is 4.74 Å². The van der Waals surface area contributed by atoms with Crippen molar-refractivity contribution in [3.8, 4) is 11.5 Å². The number of ether oxygens (including phenoxy) is 3. The van der Waals surface area contributed by atoms with Crippen LogP contribution in [0.3, 0.4) is 0 Å². The largest absolute Gasteiger partial charge is 0.493 e. The molecule has 0 aromatic heterocycles. The highest BCUT2D eigenvalue weighted by molar-refractivity contribution is 5.43. The molecule has 19 heavy (non-hydrogen) atoms. The maximum Gasteiger partial charge on any atom is 0.387 e. The van der Waals surface area contributed by atoms with Gasteiger partial charge in [0.1, 0.15) is 6.10 Å². The van der Waals surface area contributed by atoms with Gasteiger partial charge in [0.15, 0.2) is 11.5 Å². The van der Waals surface area contributed by atoms with E-state index in [0.29, 0.717) is 12.2 Å². The highest BCUT2D eigenvalue weighted by Crippen LogP contribution is 2.31. The summed E-state index contributed by atoms with van der Waals surface area (Å²) in [7, 11) is 1.36. The van der Waals surface area contributed by atoms with Crippen LogP contribution < -0.4 is 9.47 Å². The van der Waals surface area contributed by atoms with Crippen LogP contribution >= 0.6 is 0 Å². The Labute approximate surface area is 110 Å². The van der Waals surface area contributed by atoms with Gasteiger partial charge in [-0.3, -0.25) is 0 Å². The van der Waals surface area contributed by atoms with Crippen molar-refractivity contribution in [2.24, 2.45) is 0 Å². The van der Waals surface area contributed by atoms with Gasteiger partial charge in [0.05, 0.1) is 13.7 Å². The first kappa shape index (κ1) is 15.7. The Kier molecular flexibility index (Phi) is 6.52. The van der Waals surface area contributed by atoms with Crippen LogP contribution in [0, 0.1) is 0 Å². The summed E-state index contributed by atoms with van der Waals surface area (Å²) in [5.74, 6) is 0.0790. The zero-order chi connectivity index (χ0) is 14.3. The molecule has 6 heteroatoms. The molecule has 1 N–H and O–H groups in total. The molecule has 0 radical (unpaired) electrons. The lowest BCUT2D eigenvalue weighted by atomic mass is 10.1. The molecule has 0 heterocycles. The number of methoxy groups -OCH3 is 1. The number of hydrogen-bond acceptors (Lipinski definition) is 4. The van der Waals surface area contributed by atoms with Gasteiger partial charge in [-0.25, -0.2) is 0 Å². The van der Waals surface area contributed by atoms with Crippen LogP contribution in [0.1, 0.15) is 25.0 Å². The van der Waals surface area contributed by atoms with Crippen molar-refractivity contribution in [2.45, 2.75) is 26.1 Å². The number of rotatable bonds is 8. The summed E-state index contributed by atoms with van der Waals surface area (Å²) in [4.78, 5) is 0. The van der Waals surface area contributed by atoms with Crippen molar-refractivity contribution in [2.75, 3.05) is 20.3 Å². The lowest BCUT2D eigenvalue weighted by molar-refractivity contribution is -0.0514. The third-order valence-electron chi connectivity index (χ3n) is 2.41. The average molecular weight is 276 g/mol. The molecule has 0 spiro atoms.